The number of carbonyl (C=O) groups excluding carboxylic acids is 2. The van der Waals surface area contributed by atoms with Crippen molar-refractivity contribution in [2.45, 2.75) is 6.92 Å². The maximum atomic E-state index is 11.9. The standard InChI is InChI=1S/C22H19N3O7/c1-2-30-22(27)16-9-7-15(8-10-16)19-12-11-17(32-19)13-23-24-21(26)14-31-20-6-4-3-5-18(20)25(28)29/h3-13H,2,14H2,1H3,(H,24,26). The molecule has 1 heterocycles. The zero-order chi connectivity index (χ0) is 22.9. The Hall–Kier alpha value is -4.47. The van der Waals surface area contributed by atoms with Crippen LogP contribution in [0.25, 0.3) is 11.3 Å². The number of carbonyl (C=O) groups is 2. The van der Waals surface area contributed by atoms with E-state index >= 15 is 0 Å². The van der Waals surface area contributed by atoms with Crippen molar-refractivity contribution in [3.63, 3.8) is 0 Å². The Morgan fingerprint density at radius 2 is 1.88 bits per heavy atom. The molecular formula is C22H19N3O7. The molecule has 3 aromatic rings. The molecule has 0 spiro atoms. The molecule has 2 aromatic carbocycles. The van der Waals surface area contributed by atoms with Crippen molar-refractivity contribution in [2.75, 3.05) is 13.2 Å². The van der Waals surface area contributed by atoms with Gasteiger partial charge in [-0.2, -0.15) is 5.10 Å². The van der Waals surface area contributed by atoms with Crippen molar-refractivity contribution in [3.8, 4) is 17.1 Å². The third kappa shape index (κ3) is 5.79. The Kier molecular flexibility index (Phi) is 7.31. The highest BCUT2D eigenvalue weighted by molar-refractivity contribution is 5.90. The first kappa shape index (κ1) is 22.2. The summed E-state index contributed by atoms with van der Waals surface area (Å²) in [5.41, 5.74) is 3.21. The number of ether oxygens (including phenoxy) is 2. The number of esters is 1. The van der Waals surface area contributed by atoms with E-state index in [1.54, 1.807) is 49.4 Å². The third-order valence-corrected chi connectivity index (χ3v) is 4.11. The van der Waals surface area contributed by atoms with Gasteiger partial charge < -0.3 is 13.9 Å². The molecule has 0 radical (unpaired) electrons. The van der Waals surface area contributed by atoms with Gasteiger partial charge in [-0.15, -0.1) is 0 Å². The Bertz CT molecular complexity index is 1140. The van der Waals surface area contributed by atoms with Crippen LogP contribution < -0.4 is 10.2 Å². The summed E-state index contributed by atoms with van der Waals surface area (Å²) >= 11 is 0. The number of nitro groups is 1. The average Bonchev–Trinajstić information content (AvgIpc) is 3.27. The topological polar surface area (TPSA) is 133 Å². The van der Waals surface area contributed by atoms with Gasteiger partial charge in [0.15, 0.2) is 12.4 Å². The van der Waals surface area contributed by atoms with Crippen LogP contribution in [0.3, 0.4) is 0 Å². The van der Waals surface area contributed by atoms with E-state index in [0.717, 1.165) is 5.56 Å². The number of para-hydroxylation sites is 2. The number of hydrogen-bond donors (Lipinski definition) is 1. The summed E-state index contributed by atoms with van der Waals surface area (Å²) in [5.74, 6) is -0.0720. The van der Waals surface area contributed by atoms with Gasteiger partial charge >= 0.3 is 11.7 Å². The lowest BCUT2D eigenvalue weighted by atomic mass is 10.1. The van der Waals surface area contributed by atoms with Crippen molar-refractivity contribution in [1.82, 2.24) is 5.43 Å². The van der Waals surface area contributed by atoms with E-state index in [1.807, 2.05) is 0 Å². The lowest BCUT2D eigenvalue weighted by Gasteiger charge is -2.05. The number of furan rings is 1. The van der Waals surface area contributed by atoms with Gasteiger partial charge in [0.2, 0.25) is 0 Å². The molecule has 32 heavy (non-hydrogen) atoms. The first-order chi connectivity index (χ1) is 15.5. The fourth-order valence-electron chi connectivity index (χ4n) is 2.64. The molecule has 0 aliphatic carbocycles. The fourth-order valence-corrected chi connectivity index (χ4v) is 2.64. The second-order valence-corrected chi connectivity index (χ2v) is 6.31. The zero-order valence-corrected chi connectivity index (χ0v) is 17.0. The number of nitrogens with zero attached hydrogens (tertiary/aromatic N) is 2. The van der Waals surface area contributed by atoms with Crippen LogP contribution >= 0.6 is 0 Å². The molecule has 0 atom stereocenters. The van der Waals surface area contributed by atoms with Crippen molar-refractivity contribution in [1.29, 1.82) is 0 Å². The molecule has 0 aliphatic rings. The molecule has 0 saturated heterocycles. The predicted octanol–water partition coefficient (Wildman–Crippen LogP) is 3.56. The summed E-state index contributed by atoms with van der Waals surface area (Å²) < 4.78 is 15.8. The molecule has 0 bridgehead atoms. The Morgan fingerprint density at radius 3 is 2.59 bits per heavy atom. The zero-order valence-electron chi connectivity index (χ0n) is 17.0. The average molecular weight is 437 g/mol. The first-order valence-electron chi connectivity index (χ1n) is 9.53. The van der Waals surface area contributed by atoms with E-state index < -0.39 is 23.4 Å². The SMILES string of the molecule is CCOC(=O)c1ccc(-c2ccc(C=NNC(=O)COc3ccccc3[N+](=O)[O-])o2)cc1. The molecule has 0 aliphatic heterocycles. The summed E-state index contributed by atoms with van der Waals surface area (Å²) in [6, 6.07) is 15.9. The fraction of sp³-hybridized carbons (Fsp3) is 0.136. The Labute approximate surface area is 182 Å². The van der Waals surface area contributed by atoms with Crippen LogP contribution in [0.15, 0.2) is 70.2 Å². The summed E-state index contributed by atoms with van der Waals surface area (Å²) in [4.78, 5) is 33.9. The normalized spacial score (nSPS) is 10.7. The van der Waals surface area contributed by atoms with Crippen molar-refractivity contribution >= 4 is 23.8 Å². The van der Waals surface area contributed by atoms with Crippen molar-refractivity contribution in [2.24, 2.45) is 5.10 Å². The van der Waals surface area contributed by atoms with Gasteiger partial charge in [-0.05, 0) is 37.3 Å². The van der Waals surface area contributed by atoms with Gasteiger partial charge in [-0.25, -0.2) is 10.2 Å². The second-order valence-electron chi connectivity index (χ2n) is 6.31. The lowest BCUT2D eigenvalue weighted by molar-refractivity contribution is -0.385. The number of hydrogen-bond acceptors (Lipinski definition) is 8. The molecule has 0 unspecified atom stereocenters. The molecule has 0 saturated carbocycles. The van der Waals surface area contributed by atoms with E-state index in [1.165, 1.54) is 24.4 Å². The highest BCUT2D eigenvalue weighted by Gasteiger charge is 2.14. The van der Waals surface area contributed by atoms with E-state index in [-0.39, 0.29) is 11.4 Å². The maximum Gasteiger partial charge on any atom is 0.338 e. The number of nitrogens with one attached hydrogen (secondary N) is 1. The van der Waals surface area contributed by atoms with Crippen LogP contribution in [-0.2, 0) is 9.53 Å². The highest BCUT2D eigenvalue weighted by atomic mass is 16.6. The van der Waals surface area contributed by atoms with Crippen LogP contribution in [0.1, 0.15) is 23.0 Å². The second kappa shape index (κ2) is 10.5. The summed E-state index contributed by atoms with van der Waals surface area (Å²) in [5, 5.41) is 14.7. The molecule has 10 nitrogen and oxygen atoms in total. The minimum Gasteiger partial charge on any atom is -0.477 e. The Morgan fingerprint density at radius 1 is 1.12 bits per heavy atom. The van der Waals surface area contributed by atoms with Crippen molar-refractivity contribution in [3.05, 3.63) is 82.1 Å². The molecule has 164 valence electrons. The molecule has 1 aromatic heterocycles. The Balaban J connectivity index is 1.53. The van der Waals surface area contributed by atoms with Gasteiger partial charge in [0, 0.05) is 11.6 Å². The van der Waals surface area contributed by atoms with Crippen LogP contribution in [0.2, 0.25) is 0 Å². The van der Waals surface area contributed by atoms with E-state index in [0.29, 0.717) is 23.7 Å². The minimum atomic E-state index is -0.597. The predicted molar refractivity (Wildman–Crippen MR) is 114 cm³/mol. The van der Waals surface area contributed by atoms with Gasteiger partial charge in [-0.3, -0.25) is 14.9 Å². The van der Waals surface area contributed by atoms with Crippen LogP contribution in [0.4, 0.5) is 5.69 Å². The number of hydrazone groups is 1. The summed E-state index contributed by atoms with van der Waals surface area (Å²) in [6.45, 7) is 1.59. The van der Waals surface area contributed by atoms with Crippen LogP contribution in [-0.4, -0.2) is 36.2 Å². The largest absolute Gasteiger partial charge is 0.477 e. The molecule has 1 amide bonds. The van der Waals surface area contributed by atoms with Gasteiger partial charge in [0.1, 0.15) is 11.5 Å². The van der Waals surface area contributed by atoms with E-state index in [9.17, 15) is 19.7 Å². The number of rotatable bonds is 9. The maximum absolute atomic E-state index is 11.9. The minimum absolute atomic E-state index is 0.0127. The van der Waals surface area contributed by atoms with Gasteiger partial charge in [-0.1, -0.05) is 24.3 Å². The van der Waals surface area contributed by atoms with Crippen LogP contribution in [0, 0.1) is 10.1 Å². The quantitative estimate of drug-likeness (QED) is 0.234. The molecular weight excluding hydrogens is 418 g/mol. The molecule has 1 N–H and O–H groups in total. The monoisotopic (exact) mass is 437 g/mol. The lowest BCUT2D eigenvalue weighted by Crippen LogP contribution is -2.24. The van der Waals surface area contributed by atoms with Gasteiger partial charge in [0.05, 0.1) is 23.3 Å². The molecule has 10 heteroatoms. The van der Waals surface area contributed by atoms with E-state index in [2.05, 4.69) is 10.5 Å². The third-order valence-electron chi connectivity index (χ3n) is 4.11. The smallest absolute Gasteiger partial charge is 0.338 e. The summed E-state index contributed by atoms with van der Waals surface area (Å²) in [7, 11) is 0. The number of nitro benzene ring substituents is 1. The van der Waals surface area contributed by atoms with Gasteiger partial charge in [0.25, 0.3) is 5.91 Å². The summed E-state index contributed by atoms with van der Waals surface area (Å²) in [6.07, 6.45) is 1.30. The first-order valence-corrected chi connectivity index (χ1v) is 9.53. The molecule has 3 rings (SSSR count). The number of amides is 1. The molecule has 0 fully saturated rings. The highest BCUT2D eigenvalue weighted by Crippen LogP contribution is 2.25. The van der Waals surface area contributed by atoms with E-state index in [4.69, 9.17) is 13.9 Å². The van der Waals surface area contributed by atoms with Crippen molar-refractivity contribution < 1.29 is 28.4 Å². The number of benzene rings is 2. The van der Waals surface area contributed by atoms with Crippen LogP contribution in [0.5, 0.6) is 5.75 Å².